The Labute approximate surface area is 79.8 Å². The number of pyridine rings is 1. The number of fused-ring (bicyclic) bond motifs is 3. The van der Waals surface area contributed by atoms with Gasteiger partial charge in [-0.3, -0.25) is 4.98 Å². The molecule has 0 bridgehead atoms. The Morgan fingerprint density at radius 3 is 3.14 bits per heavy atom. The molecule has 0 saturated carbocycles. The zero-order chi connectivity index (χ0) is 9.54. The number of nitrogens with zero attached hydrogens (tertiary/aromatic N) is 2. The van der Waals surface area contributed by atoms with Gasteiger partial charge in [-0.2, -0.15) is 0 Å². The second kappa shape index (κ2) is 2.45. The smallest absolute Gasteiger partial charge is 0.0979 e. The second-order valence-corrected chi connectivity index (χ2v) is 3.16. The number of nitrogens with two attached hydrogens (primary N) is 1. The molecular formula is C10H8N4. The van der Waals surface area contributed by atoms with E-state index in [9.17, 15) is 0 Å². The molecule has 0 aliphatic rings. The predicted molar refractivity (Wildman–Crippen MR) is 55.8 cm³/mol. The van der Waals surface area contributed by atoms with Crippen molar-refractivity contribution in [1.29, 1.82) is 0 Å². The number of aromatic nitrogens is 3. The summed E-state index contributed by atoms with van der Waals surface area (Å²) in [6.07, 6.45) is 3.40. The number of aromatic amines is 1. The highest BCUT2D eigenvalue weighted by atomic mass is 14.9. The molecule has 3 aromatic rings. The third-order valence-electron chi connectivity index (χ3n) is 2.32. The number of nitrogens with one attached hydrogen (secondary N) is 1. The number of benzene rings is 1. The lowest BCUT2D eigenvalue weighted by atomic mass is 10.1. The molecule has 4 heteroatoms. The molecule has 0 atom stereocenters. The summed E-state index contributed by atoms with van der Waals surface area (Å²) in [6, 6.07) is 5.69. The van der Waals surface area contributed by atoms with Gasteiger partial charge in [-0.15, -0.1) is 0 Å². The molecular weight excluding hydrogens is 176 g/mol. The number of nitrogen functional groups attached to an aromatic ring is 1. The van der Waals surface area contributed by atoms with Crippen LogP contribution in [0.2, 0.25) is 0 Å². The molecule has 2 aromatic heterocycles. The molecule has 3 rings (SSSR count). The van der Waals surface area contributed by atoms with E-state index in [4.69, 9.17) is 5.73 Å². The average Bonchev–Trinajstić information content (AvgIpc) is 2.66. The van der Waals surface area contributed by atoms with Crippen molar-refractivity contribution < 1.29 is 0 Å². The molecule has 0 unspecified atom stereocenters. The summed E-state index contributed by atoms with van der Waals surface area (Å²) in [7, 11) is 0. The zero-order valence-corrected chi connectivity index (χ0v) is 7.36. The van der Waals surface area contributed by atoms with Gasteiger partial charge in [-0.1, -0.05) is 0 Å². The first-order valence-electron chi connectivity index (χ1n) is 4.32. The first-order chi connectivity index (χ1) is 6.86. The molecule has 0 spiro atoms. The molecule has 0 aliphatic carbocycles. The van der Waals surface area contributed by atoms with Crippen LogP contribution >= 0.6 is 0 Å². The van der Waals surface area contributed by atoms with Crippen LogP contribution in [0.5, 0.6) is 0 Å². The maximum absolute atomic E-state index is 5.89. The largest absolute Gasteiger partial charge is 0.398 e. The van der Waals surface area contributed by atoms with E-state index in [1.54, 1.807) is 12.5 Å². The van der Waals surface area contributed by atoms with Gasteiger partial charge in [0.2, 0.25) is 0 Å². The minimum absolute atomic E-state index is 0.715. The van der Waals surface area contributed by atoms with Crippen LogP contribution in [0.1, 0.15) is 0 Å². The number of hydrogen-bond acceptors (Lipinski definition) is 3. The Bertz CT molecular complexity index is 612. The Hall–Kier alpha value is -2.10. The maximum Gasteiger partial charge on any atom is 0.0979 e. The minimum Gasteiger partial charge on any atom is -0.398 e. The lowest BCUT2D eigenvalue weighted by Crippen LogP contribution is -1.89. The van der Waals surface area contributed by atoms with Crippen molar-refractivity contribution in [3.05, 3.63) is 30.7 Å². The highest BCUT2D eigenvalue weighted by Crippen LogP contribution is 2.25. The number of anilines is 1. The van der Waals surface area contributed by atoms with Crippen molar-refractivity contribution >= 4 is 27.6 Å². The maximum atomic E-state index is 5.89. The van der Waals surface area contributed by atoms with Crippen molar-refractivity contribution in [1.82, 2.24) is 15.0 Å². The third kappa shape index (κ3) is 0.821. The highest BCUT2D eigenvalue weighted by molar-refractivity contribution is 6.07. The van der Waals surface area contributed by atoms with Crippen LogP contribution in [-0.4, -0.2) is 15.0 Å². The normalized spacial score (nSPS) is 11.1. The molecule has 0 amide bonds. The lowest BCUT2D eigenvalue weighted by molar-refractivity contribution is 1.34. The van der Waals surface area contributed by atoms with Gasteiger partial charge in [0, 0.05) is 17.3 Å². The van der Waals surface area contributed by atoms with Crippen molar-refractivity contribution in [2.24, 2.45) is 0 Å². The van der Waals surface area contributed by atoms with Gasteiger partial charge >= 0.3 is 0 Å². The molecule has 14 heavy (non-hydrogen) atoms. The Balaban J connectivity index is 2.67. The molecule has 4 nitrogen and oxygen atoms in total. The van der Waals surface area contributed by atoms with Crippen LogP contribution in [0.4, 0.5) is 5.69 Å². The van der Waals surface area contributed by atoms with Crippen LogP contribution in [0.25, 0.3) is 21.9 Å². The second-order valence-electron chi connectivity index (χ2n) is 3.16. The number of imidazole rings is 1. The number of hydrogen-bond donors (Lipinski definition) is 2. The molecule has 2 heterocycles. The quantitative estimate of drug-likeness (QED) is 0.522. The highest BCUT2D eigenvalue weighted by Gasteiger charge is 2.05. The summed E-state index contributed by atoms with van der Waals surface area (Å²) in [5, 5.41) is 0.962. The Morgan fingerprint density at radius 1 is 1.29 bits per heavy atom. The van der Waals surface area contributed by atoms with E-state index in [1.807, 2.05) is 18.2 Å². The van der Waals surface area contributed by atoms with Crippen molar-refractivity contribution in [2.75, 3.05) is 5.73 Å². The van der Waals surface area contributed by atoms with Gasteiger partial charge in [0.1, 0.15) is 0 Å². The van der Waals surface area contributed by atoms with Crippen molar-refractivity contribution in [2.45, 2.75) is 0 Å². The number of rotatable bonds is 0. The van der Waals surface area contributed by atoms with Crippen LogP contribution < -0.4 is 5.73 Å². The molecule has 0 saturated heterocycles. The molecule has 0 radical (unpaired) electrons. The van der Waals surface area contributed by atoms with Gasteiger partial charge in [-0.05, 0) is 18.2 Å². The van der Waals surface area contributed by atoms with Crippen molar-refractivity contribution in [3.8, 4) is 0 Å². The van der Waals surface area contributed by atoms with Crippen molar-refractivity contribution in [3.63, 3.8) is 0 Å². The van der Waals surface area contributed by atoms with Crippen LogP contribution in [0.3, 0.4) is 0 Å². The minimum atomic E-state index is 0.715. The molecule has 1 aromatic carbocycles. The fourth-order valence-corrected chi connectivity index (χ4v) is 1.67. The van der Waals surface area contributed by atoms with E-state index >= 15 is 0 Å². The molecule has 3 N–H and O–H groups in total. The van der Waals surface area contributed by atoms with Gasteiger partial charge in [0.25, 0.3) is 0 Å². The fraction of sp³-hybridized carbons (Fsp3) is 0. The monoisotopic (exact) mass is 184 g/mol. The fourth-order valence-electron chi connectivity index (χ4n) is 1.67. The van der Waals surface area contributed by atoms with E-state index in [2.05, 4.69) is 15.0 Å². The summed E-state index contributed by atoms with van der Waals surface area (Å²) in [4.78, 5) is 11.5. The predicted octanol–water partition coefficient (Wildman–Crippen LogP) is 1.69. The first kappa shape index (κ1) is 7.32. The first-order valence-corrected chi connectivity index (χ1v) is 4.32. The SMILES string of the molecule is Nc1cc2nc[nH]c2c2ncccc12. The van der Waals surface area contributed by atoms with Gasteiger partial charge in [0.15, 0.2) is 0 Å². The van der Waals surface area contributed by atoms with Crippen LogP contribution in [0, 0.1) is 0 Å². The van der Waals surface area contributed by atoms with Crippen LogP contribution in [-0.2, 0) is 0 Å². The molecule has 0 aliphatic heterocycles. The van der Waals surface area contributed by atoms with E-state index in [1.165, 1.54) is 0 Å². The van der Waals surface area contributed by atoms with Gasteiger partial charge < -0.3 is 10.7 Å². The van der Waals surface area contributed by atoms with E-state index in [0.29, 0.717) is 5.69 Å². The van der Waals surface area contributed by atoms with Gasteiger partial charge in [0.05, 0.1) is 22.9 Å². The standard InChI is InChI=1S/C10H8N4/c11-7-4-8-10(14-5-13-8)9-6(7)2-1-3-12-9/h1-5H,11H2,(H,13,14). The summed E-state index contributed by atoms with van der Waals surface area (Å²) in [5.74, 6) is 0. The van der Waals surface area contributed by atoms with E-state index < -0.39 is 0 Å². The zero-order valence-electron chi connectivity index (χ0n) is 7.36. The topological polar surface area (TPSA) is 67.6 Å². The molecule has 0 fully saturated rings. The van der Waals surface area contributed by atoms with Crippen LogP contribution in [0.15, 0.2) is 30.7 Å². The third-order valence-corrected chi connectivity index (χ3v) is 2.32. The molecule has 68 valence electrons. The van der Waals surface area contributed by atoms with E-state index in [0.717, 1.165) is 21.9 Å². The summed E-state index contributed by atoms with van der Waals surface area (Å²) in [5.41, 5.74) is 9.27. The number of H-pyrrole nitrogens is 1. The summed E-state index contributed by atoms with van der Waals surface area (Å²) >= 11 is 0. The van der Waals surface area contributed by atoms with Gasteiger partial charge in [-0.25, -0.2) is 4.98 Å². The average molecular weight is 184 g/mol. The Morgan fingerprint density at radius 2 is 2.21 bits per heavy atom. The summed E-state index contributed by atoms with van der Waals surface area (Å²) < 4.78 is 0. The summed E-state index contributed by atoms with van der Waals surface area (Å²) in [6.45, 7) is 0. The lowest BCUT2D eigenvalue weighted by Gasteiger charge is -2.01. The van der Waals surface area contributed by atoms with E-state index in [-0.39, 0.29) is 0 Å². The Kier molecular flexibility index (Phi) is 1.28.